The van der Waals surface area contributed by atoms with Gasteiger partial charge in [0.15, 0.2) is 0 Å². The van der Waals surface area contributed by atoms with E-state index < -0.39 is 0 Å². The molecule has 21 heavy (non-hydrogen) atoms. The van der Waals surface area contributed by atoms with Crippen LogP contribution in [0.5, 0.6) is 0 Å². The van der Waals surface area contributed by atoms with Crippen molar-refractivity contribution in [3.63, 3.8) is 0 Å². The van der Waals surface area contributed by atoms with Gasteiger partial charge in [0.1, 0.15) is 0 Å². The minimum Gasteiger partial charge on any atom is -0.379 e. The van der Waals surface area contributed by atoms with Crippen molar-refractivity contribution in [3.8, 4) is 0 Å². The average Bonchev–Trinajstić information content (AvgIpc) is 2.47. The summed E-state index contributed by atoms with van der Waals surface area (Å²) in [6.45, 7) is 9.73. The second-order valence-electron chi connectivity index (χ2n) is 5.70. The predicted octanol–water partition coefficient (Wildman–Crippen LogP) is 0.904. The van der Waals surface area contributed by atoms with Gasteiger partial charge in [0, 0.05) is 37.8 Å². The van der Waals surface area contributed by atoms with Gasteiger partial charge in [0.05, 0.1) is 13.2 Å². The number of ether oxygens (including phenoxy) is 1. The Hall–Kier alpha value is -1.43. The number of nitrogens with one attached hydrogen (secondary N) is 1. The highest BCUT2D eigenvalue weighted by Crippen LogP contribution is 2.11. The maximum absolute atomic E-state index is 11.1. The fraction of sp³-hybridized carbons (Fsp3) is 0.562. The molecule has 1 unspecified atom stereocenters. The molecule has 1 heterocycles. The lowest BCUT2D eigenvalue weighted by molar-refractivity contribution is 0.0343. The molecule has 0 saturated carbocycles. The van der Waals surface area contributed by atoms with Gasteiger partial charge in [-0.05, 0) is 37.1 Å². The van der Waals surface area contributed by atoms with Crippen LogP contribution in [0, 0.1) is 6.92 Å². The van der Waals surface area contributed by atoms with Crippen molar-refractivity contribution in [2.24, 2.45) is 5.73 Å². The monoisotopic (exact) mass is 291 g/mol. The summed E-state index contributed by atoms with van der Waals surface area (Å²) in [5.41, 5.74) is 8.15. The average molecular weight is 291 g/mol. The number of carbonyl (C=O) groups is 1. The predicted molar refractivity (Wildman–Crippen MR) is 83.3 cm³/mol. The highest BCUT2D eigenvalue weighted by Gasteiger charge is 2.13. The van der Waals surface area contributed by atoms with Crippen molar-refractivity contribution >= 4 is 5.91 Å². The summed E-state index contributed by atoms with van der Waals surface area (Å²) in [7, 11) is 0. The number of amides is 1. The third kappa shape index (κ3) is 4.81. The number of benzene rings is 1. The summed E-state index contributed by atoms with van der Waals surface area (Å²) in [5.74, 6) is -0.377. The zero-order chi connectivity index (χ0) is 15.2. The molecule has 1 aliphatic rings. The van der Waals surface area contributed by atoms with Gasteiger partial charge < -0.3 is 15.8 Å². The molecule has 1 atom stereocenters. The topological polar surface area (TPSA) is 67.6 Å². The maximum atomic E-state index is 11.1. The van der Waals surface area contributed by atoms with Gasteiger partial charge in [-0.15, -0.1) is 0 Å². The molecule has 3 N–H and O–H groups in total. The first kappa shape index (κ1) is 15.9. The van der Waals surface area contributed by atoms with Crippen LogP contribution in [0.4, 0.5) is 0 Å². The Bertz CT molecular complexity index is 484. The molecule has 0 aromatic heterocycles. The molecule has 0 spiro atoms. The van der Waals surface area contributed by atoms with Crippen molar-refractivity contribution in [2.45, 2.75) is 26.4 Å². The third-order valence-corrected chi connectivity index (χ3v) is 3.90. The number of morpholine rings is 1. The van der Waals surface area contributed by atoms with E-state index in [1.165, 1.54) is 5.56 Å². The van der Waals surface area contributed by atoms with E-state index in [-0.39, 0.29) is 5.91 Å². The van der Waals surface area contributed by atoms with Crippen LogP contribution in [-0.4, -0.2) is 49.7 Å². The van der Waals surface area contributed by atoms with Crippen LogP contribution in [0.2, 0.25) is 0 Å². The zero-order valence-electron chi connectivity index (χ0n) is 12.9. The van der Waals surface area contributed by atoms with Gasteiger partial charge in [-0.3, -0.25) is 9.69 Å². The van der Waals surface area contributed by atoms with Crippen LogP contribution in [0.1, 0.15) is 28.4 Å². The third-order valence-electron chi connectivity index (χ3n) is 3.90. The van der Waals surface area contributed by atoms with E-state index >= 15 is 0 Å². The summed E-state index contributed by atoms with van der Waals surface area (Å²) < 4.78 is 5.36. The largest absolute Gasteiger partial charge is 0.379 e. The normalized spacial score (nSPS) is 17.6. The first-order valence-corrected chi connectivity index (χ1v) is 7.49. The molecule has 1 aromatic rings. The molecule has 1 fully saturated rings. The Morgan fingerprint density at radius 3 is 2.76 bits per heavy atom. The molecule has 0 bridgehead atoms. The standard InChI is InChI=1S/C16H25N3O2/c1-12-9-14(16(17)20)3-4-15(12)10-18-13(2)11-19-5-7-21-8-6-19/h3-4,9,13,18H,5-8,10-11H2,1-2H3,(H2,17,20). The Balaban J connectivity index is 1.83. The fourth-order valence-electron chi connectivity index (χ4n) is 2.57. The number of primary amides is 1. The summed E-state index contributed by atoms with van der Waals surface area (Å²) in [6.07, 6.45) is 0. The lowest BCUT2D eigenvalue weighted by Crippen LogP contribution is -2.44. The number of carbonyl (C=O) groups excluding carboxylic acids is 1. The second-order valence-corrected chi connectivity index (χ2v) is 5.70. The van der Waals surface area contributed by atoms with Crippen LogP contribution >= 0.6 is 0 Å². The lowest BCUT2D eigenvalue weighted by atomic mass is 10.0. The SMILES string of the molecule is Cc1cc(C(N)=O)ccc1CNC(C)CN1CCOCC1. The zero-order valence-corrected chi connectivity index (χ0v) is 12.9. The molecule has 0 radical (unpaired) electrons. The highest BCUT2D eigenvalue weighted by molar-refractivity contribution is 5.93. The van der Waals surface area contributed by atoms with Crippen molar-refractivity contribution in [3.05, 3.63) is 34.9 Å². The maximum Gasteiger partial charge on any atom is 0.248 e. The molecule has 1 aliphatic heterocycles. The number of hydrogen-bond acceptors (Lipinski definition) is 4. The van der Waals surface area contributed by atoms with Crippen molar-refractivity contribution in [1.82, 2.24) is 10.2 Å². The Morgan fingerprint density at radius 1 is 1.43 bits per heavy atom. The van der Waals surface area contributed by atoms with Gasteiger partial charge in [-0.2, -0.15) is 0 Å². The van der Waals surface area contributed by atoms with Crippen LogP contribution < -0.4 is 11.1 Å². The van der Waals surface area contributed by atoms with Crippen molar-refractivity contribution in [1.29, 1.82) is 0 Å². The summed E-state index contributed by atoms with van der Waals surface area (Å²) >= 11 is 0. The van der Waals surface area contributed by atoms with Crippen LogP contribution in [-0.2, 0) is 11.3 Å². The minimum absolute atomic E-state index is 0.377. The minimum atomic E-state index is -0.377. The number of nitrogens with zero attached hydrogens (tertiary/aromatic N) is 1. The van der Waals surface area contributed by atoms with Gasteiger partial charge in [0.2, 0.25) is 5.91 Å². The van der Waals surface area contributed by atoms with E-state index in [1.54, 1.807) is 6.07 Å². The number of aryl methyl sites for hydroxylation is 1. The summed E-state index contributed by atoms with van der Waals surface area (Å²) in [4.78, 5) is 13.6. The Kier molecular flexibility index (Phi) is 5.73. The number of nitrogens with two attached hydrogens (primary N) is 1. The molecular weight excluding hydrogens is 266 g/mol. The first-order valence-electron chi connectivity index (χ1n) is 7.49. The molecule has 0 aliphatic carbocycles. The van der Waals surface area contributed by atoms with E-state index in [4.69, 9.17) is 10.5 Å². The molecule has 5 heteroatoms. The van der Waals surface area contributed by atoms with Gasteiger partial charge in [-0.25, -0.2) is 0 Å². The fourth-order valence-corrected chi connectivity index (χ4v) is 2.57. The molecular formula is C16H25N3O2. The smallest absolute Gasteiger partial charge is 0.248 e. The van der Waals surface area contributed by atoms with Gasteiger partial charge in [0.25, 0.3) is 0 Å². The van der Waals surface area contributed by atoms with Crippen LogP contribution in [0.25, 0.3) is 0 Å². The van der Waals surface area contributed by atoms with E-state index in [0.717, 1.165) is 45.0 Å². The quantitative estimate of drug-likeness (QED) is 0.817. The molecule has 1 saturated heterocycles. The number of rotatable bonds is 6. The van der Waals surface area contributed by atoms with E-state index in [0.29, 0.717) is 11.6 Å². The Morgan fingerprint density at radius 2 is 2.14 bits per heavy atom. The first-order chi connectivity index (χ1) is 10.1. The van der Waals surface area contributed by atoms with Crippen LogP contribution in [0.15, 0.2) is 18.2 Å². The summed E-state index contributed by atoms with van der Waals surface area (Å²) in [5, 5.41) is 3.54. The Labute approximate surface area is 126 Å². The van der Waals surface area contributed by atoms with E-state index in [1.807, 2.05) is 19.1 Å². The van der Waals surface area contributed by atoms with Crippen molar-refractivity contribution in [2.75, 3.05) is 32.8 Å². The van der Waals surface area contributed by atoms with E-state index in [2.05, 4.69) is 17.1 Å². The second kappa shape index (κ2) is 7.54. The molecule has 116 valence electrons. The van der Waals surface area contributed by atoms with E-state index in [9.17, 15) is 4.79 Å². The molecule has 2 rings (SSSR count). The molecule has 1 aromatic carbocycles. The molecule has 5 nitrogen and oxygen atoms in total. The van der Waals surface area contributed by atoms with Crippen LogP contribution in [0.3, 0.4) is 0 Å². The van der Waals surface area contributed by atoms with Gasteiger partial charge >= 0.3 is 0 Å². The van der Waals surface area contributed by atoms with Crippen molar-refractivity contribution < 1.29 is 9.53 Å². The lowest BCUT2D eigenvalue weighted by Gasteiger charge is -2.29. The highest BCUT2D eigenvalue weighted by atomic mass is 16.5. The summed E-state index contributed by atoms with van der Waals surface area (Å²) in [6, 6.07) is 6.04. The molecule has 1 amide bonds. The number of hydrogen-bond donors (Lipinski definition) is 2. The van der Waals surface area contributed by atoms with Gasteiger partial charge in [-0.1, -0.05) is 6.07 Å².